The normalized spacial score (nSPS) is 16.1. The number of benzene rings is 1. The number of carbonyl (C=O) groups is 1. The van der Waals surface area contributed by atoms with Crippen molar-refractivity contribution in [2.75, 3.05) is 6.61 Å². The molecule has 1 aliphatic rings. The van der Waals surface area contributed by atoms with E-state index in [1.807, 2.05) is 6.92 Å². The summed E-state index contributed by atoms with van der Waals surface area (Å²) < 4.78 is 35.2. The number of ether oxygens (including phenoxy) is 1. The molecule has 0 spiro atoms. The lowest BCUT2D eigenvalue weighted by molar-refractivity contribution is -0.143. The molecule has 0 amide bonds. The van der Waals surface area contributed by atoms with Gasteiger partial charge in [-0.15, -0.1) is 0 Å². The molecule has 25 heavy (non-hydrogen) atoms. The van der Waals surface area contributed by atoms with Crippen molar-refractivity contribution in [2.45, 2.75) is 43.7 Å². The minimum Gasteiger partial charge on any atom is -0.465 e. The van der Waals surface area contributed by atoms with Crippen molar-refractivity contribution in [3.8, 4) is 0 Å². The second-order valence-electron chi connectivity index (χ2n) is 6.55. The quantitative estimate of drug-likeness (QED) is 0.759. The number of sulfonamides is 1. The number of esters is 1. The molecular formula is C16H21N3O5S. The summed E-state index contributed by atoms with van der Waals surface area (Å²) in [7, 11) is -2.13. The fraction of sp³-hybridized carbons (Fsp3) is 0.500. The highest BCUT2D eigenvalue weighted by atomic mass is 32.2. The van der Waals surface area contributed by atoms with Crippen LogP contribution in [0.2, 0.25) is 0 Å². The van der Waals surface area contributed by atoms with Crippen LogP contribution in [-0.2, 0) is 33.1 Å². The van der Waals surface area contributed by atoms with E-state index in [4.69, 9.17) is 4.74 Å². The molecule has 9 heteroatoms. The van der Waals surface area contributed by atoms with Crippen LogP contribution >= 0.6 is 0 Å². The van der Waals surface area contributed by atoms with Crippen LogP contribution in [0.4, 0.5) is 0 Å². The summed E-state index contributed by atoms with van der Waals surface area (Å²) >= 11 is 0. The van der Waals surface area contributed by atoms with Gasteiger partial charge in [0.15, 0.2) is 0 Å². The van der Waals surface area contributed by atoms with E-state index >= 15 is 0 Å². The van der Waals surface area contributed by atoms with E-state index in [1.165, 1.54) is 21.3 Å². The fourth-order valence-electron chi connectivity index (χ4n) is 2.72. The summed E-state index contributed by atoms with van der Waals surface area (Å²) in [6, 6.07) is 4.43. The first kappa shape index (κ1) is 17.7. The van der Waals surface area contributed by atoms with Crippen LogP contribution in [0, 0.1) is 0 Å². The van der Waals surface area contributed by atoms with Crippen molar-refractivity contribution < 1.29 is 17.9 Å². The third-order valence-corrected chi connectivity index (χ3v) is 6.04. The highest BCUT2D eigenvalue weighted by Crippen LogP contribution is 2.36. The Morgan fingerprint density at radius 3 is 2.60 bits per heavy atom. The molecule has 1 aromatic heterocycles. The number of hydrogen-bond acceptors (Lipinski definition) is 5. The maximum atomic E-state index is 12.5. The topological polar surface area (TPSA) is 99.4 Å². The lowest BCUT2D eigenvalue weighted by Crippen LogP contribution is -2.34. The van der Waals surface area contributed by atoms with Crippen LogP contribution in [-0.4, -0.2) is 35.7 Å². The van der Waals surface area contributed by atoms with Crippen molar-refractivity contribution in [1.29, 1.82) is 0 Å². The first-order valence-electron chi connectivity index (χ1n) is 8.06. The van der Waals surface area contributed by atoms with Gasteiger partial charge in [0.05, 0.1) is 22.5 Å². The number of hydrogen-bond donors (Lipinski definition) is 1. The lowest BCUT2D eigenvalue weighted by Gasteiger charge is -2.12. The van der Waals surface area contributed by atoms with Crippen molar-refractivity contribution in [3.05, 3.63) is 28.7 Å². The Morgan fingerprint density at radius 1 is 1.32 bits per heavy atom. The Bertz CT molecular complexity index is 999. The Balaban J connectivity index is 2.03. The average molecular weight is 367 g/mol. The molecule has 0 unspecified atom stereocenters. The minimum absolute atomic E-state index is 0.0945. The van der Waals surface area contributed by atoms with Gasteiger partial charge in [-0.1, -0.05) is 0 Å². The van der Waals surface area contributed by atoms with E-state index in [0.717, 1.165) is 12.8 Å². The summed E-state index contributed by atoms with van der Waals surface area (Å²) in [5.74, 6) is -0.517. The number of carbonyl (C=O) groups excluding carboxylic acids is 1. The molecule has 0 atom stereocenters. The standard InChI is InChI=1S/C16H21N3O5S/c1-4-24-14(20)10-19-12-6-5-11(9-13(12)18(3)15(19)21)25(22,23)17-16(2)7-8-16/h5-6,9,17H,4,7-8,10H2,1-3H3. The number of nitrogens with zero attached hydrogens (tertiary/aromatic N) is 2. The van der Waals surface area contributed by atoms with E-state index in [0.29, 0.717) is 11.0 Å². The highest BCUT2D eigenvalue weighted by Gasteiger charge is 2.41. The molecule has 0 aliphatic heterocycles. The zero-order valence-electron chi connectivity index (χ0n) is 14.4. The summed E-state index contributed by atoms with van der Waals surface area (Å²) in [4.78, 5) is 24.2. The number of rotatable bonds is 6. The molecule has 8 nitrogen and oxygen atoms in total. The van der Waals surface area contributed by atoms with E-state index in [9.17, 15) is 18.0 Å². The van der Waals surface area contributed by atoms with Crippen LogP contribution in [0.15, 0.2) is 27.9 Å². The zero-order chi connectivity index (χ0) is 18.4. The molecule has 3 rings (SSSR count). The van der Waals surface area contributed by atoms with E-state index < -0.39 is 21.7 Å². The summed E-state index contributed by atoms with van der Waals surface area (Å²) in [6.45, 7) is 3.56. The van der Waals surface area contributed by atoms with Gasteiger partial charge in [-0.2, -0.15) is 0 Å². The van der Waals surface area contributed by atoms with E-state index in [1.54, 1.807) is 20.0 Å². The molecule has 0 radical (unpaired) electrons. The Hall–Kier alpha value is -2.13. The lowest BCUT2D eigenvalue weighted by atomic mass is 10.3. The molecule has 0 saturated heterocycles. The number of nitrogens with one attached hydrogen (secondary N) is 1. The van der Waals surface area contributed by atoms with Crippen LogP contribution in [0.25, 0.3) is 11.0 Å². The van der Waals surface area contributed by atoms with Gasteiger partial charge < -0.3 is 4.74 Å². The van der Waals surface area contributed by atoms with Crippen molar-refractivity contribution in [1.82, 2.24) is 13.9 Å². The fourth-order valence-corrected chi connectivity index (χ4v) is 4.20. The molecule has 136 valence electrons. The van der Waals surface area contributed by atoms with Gasteiger partial charge in [-0.25, -0.2) is 17.9 Å². The molecule has 1 heterocycles. The maximum absolute atomic E-state index is 12.5. The monoisotopic (exact) mass is 367 g/mol. The van der Waals surface area contributed by atoms with Gasteiger partial charge >= 0.3 is 11.7 Å². The molecule has 1 N–H and O–H groups in total. The molecule has 2 aromatic rings. The maximum Gasteiger partial charge on any atom is 0.329 e. The second-order valence-corrected chi connectivity index (χ2v) is 8.23. The zero-order valence-corrected chi connectivity index (χ0v) is 15.2. The Kier molecular flexibility index (Phi) is 4.24. The molecule has 1 aromatic carbocycles. The summed E-state index contributed by atoms with van der Waals surface area (Å²) in [5.41, 5.74) is 0.144. The Morgan fingerprint density at radius 2 is 2.00 bits per heavy atom. The largest absolute Gasteiger partial charge is 0.465 e. The predicted octanol–water partition coefficient (Wildman–Crippen LogP) is 0.734. The van der Waals surface area contributed by atoms with Crippen LogP contribution in [0.5, 0.6) is 0 Å². The first-order valence-corrected chi connectivity index (χ1v) is 9.54. The third kappa shape index (κ3) is 3.34. The van der Waals surface area contributed by atoms with Crippen molar-refractivity contribution >= 4 is 27.0 Å². The average Bonchev–Trinajstić information content (AvgIpc) is 3.21. The summed E-state index contributed by atoms with van der Waals surface area (Å²) in [5, 5.41) is 0. The SMILES string of the molecule is CCOC(=O)Cn1c(=O)n(C)c2cc(S(=O)(=O)NC3(C)CC3)ccc21. The number of aryl methyl sites for hydroxylation is 1. The van der Waals surface area contributed by atoms with E-state index in [2.05, 4.69) is 4.72 Å². The van der Waals surface area contributed by atoms with Crippen LogP contribution < -0.4 is 10.4 Å². The molecule has 1 saturated carbocycles. The predicted molar refractivity (Wildman–Crippen MR) is 91.8 cm³/mol. The van der Waals surface area contributed by atoms with Crippen LogP contribution in [0.1, 0.15) is 26.7 Å². The number of fused-ring (bicyclic) bond motifs is 1. The van der Waals surface area contributed by atoms with Gasteiger partial charge in [0.2, 0.25) is 10.0 Å². The van der Waals surface area contributed by atoms with Gasteiger partial charge in [0.1, 0.15) is 6.54 Å². The number of aromatic nitrogens is 2. The number of imidazole rings is 1. The van der Waals surface area contributed by atoms with Crippen LogP contribution in [0.3, 0.4) is 0 Å². The molecule has 1 aliphatic carbocycles. The third-order valence-electron chi connectivity index (χ3n) is 4.40. The molecule has 0 bridgehead atoms. The van der Waals surface area contributed by atoms with Gasteiger partial charge in [0.25, 0.3) is 0 Å². The van der Waals surface area contributed by atoms with Gasteiger partial charge in [-0.05, 0) is 44.9 Å². The van der Waals surface area contributed by atoms with Gasteiger partial charge in [0, 0.05) is 12.6 Å². The van der Waals surface area contributed by atoms with Gasteiger partial charge in [-0.3, -0.25) is 13.9 Å². The van der Waals surface area contributed by atoms with Crippen molar-refractivity contribution in [3.63, 3.8) is 0 Å². The highest BCUT2D eigenvalue weighted by molar-refractivity contribution is 7.89. The molecule has 1 fully saturated rings. The van der Waals surface area contributed by atoms with Crippen molar-refractivity contribution in [2.24, 2.45) is 7.05 Å². The molecular weight excluding hydrogens is 346 g/mol. The minimum atomic E-state index is -3.67. The summed E-state index contributed by atoms with van der Waals surface area (Å²) in [6.07, 6.45) is 1.62. The second kappa shape index (κ2) is 5.99. The smallest absolute Gasteiger partial charge is 0.329 e. The first-order chi connectivity index (χ1) is 11.7. The van der Waals surface area contributed by atoms with E-state index in [-0.39, 0.29) is 23.6 Å². The Labute approximate surface area is 145 Å².